The quantitative estimate of drug-likeness (QED) is 0.927. The molecule has 1 aromatic rings. The first-order valence-electron chi connectivity index (χ1n) is 6.92. The van der Waals surface area contributed by atoms with E-state index < -0.39 is 5.92 Å². The Balaban J connectivity index is 2.16. The van der Waals surface area contributed by atoms with E-state index in [-0.39, 0.29) is 17.0 Å². The molecule has 1 unspecified atom stereocenters. The summed E-state index contributed by atoms with van der Waals surface area (Å²) in [7, 11) is 0. The molecular weight excluding hydrogens is 264 g/mol. The van der Waals surface area contributed by atoms with Crippen molar-refractivity contribution in [2.45, 2.75) is 44.1 Å². The lowest BCUT2D eigenvalue weighted by Crippen LogP contribution is -2.34. The van der Waals surface area contributed by atoms with Crippen LogP contribution in [-0.2, 0) is 11.3 Å². The number of hydrogen-bond donors (Lipinski definition) is 1. The van der Waals surface area contributed by atoms with Crippen molar-refractivity contribution in [3.05, 3.63) is 23.3 Å². The van der Waals surface area contributed by atoms with E-state index in [0.717, 1.165) is 19.8 Å². The van der Waals surface area contributed by atoms with Gasteiger partial charge < -0.3 is 15.2 Å². The van der Waals surface area contributed by atoms with E-state index in [2.05, 4.69) is 0 Å². The van der Waals surface area contributed by atoms with Crippen LogP contribution in [0.2, 0.25) is 0 Å². The second kappa shape index (κ2) is 4.32. The molecule has 1 fully saturated rings. The number of rotatable bonds is 3. The van der Waals surface area contributed by atoms with Gasteiger partial charge in [0.1, 0.15) is 13.2 Å². The largest absolute Gasteiger partial charge is 0.486 e. The number of benzene rings is 1. The summed E-state index contributed by atoms with van der Waals surface area (Å²) in [6.45, 7) is 3.62. The van der Waals surface area contributed by atoms with Gasteiger partial charge in [-0.05, 0) is 37.5 Å². The Morgan fingerprint density at radius 3 is 2.20 bits per heavy atom. The minimum Gasteiger partial charge on any atom is -0.486 e. The first-order chi connectivity index (χ1) is 9.34. The van der Waals surface area contributed by atoms with Gasteiger partial charge in [-0.25, -0.2) is 8.78 Å². The predicted octanol–water partition coefficient (Wildman–Crippen LogP) is 2.95. The van der Waals surface area contributed by atoms with Gasteiger partial charge in [0, 0.05) is 23.9 Å². The number of ether oxygens (including phenoxy) is 2. The lowest BCUT2D eigenvalue weighted by atomic mass is 9.84. The zero-order chi connectivity index (χ0) is 14.5. The number of alkyl halides is 2. The molecular formula is C15H19F2NO2. The molecule has 0 saturated heterocycles. The third-order valence-corrected chi connectivity index (χ3v) is 4.35. The van der Waals surface area contributed by atoms with Gasteiger partial charge in [0.05, 0.1) is 0 Å². The number of fused-ring (bicyclic) bond motifs is 1. The Kier molecular flexibility index (Phi) is 2.94. The molecule has 2 N–H and O–H groups in total. The molecule has 0 spiro atoms. The number of halogens is 2. The third-order valence-electron chi connectivity index (χ3n) is 4.35. The SMILES string of the molecule is CC(N)C1(c2cc3c(cc2C(C)(F)F)OCCO3)CC1. The van der Waals surface area contributed by atoms with Gasteiger partial charge >= 0.3 is 0 Å². The number of hydrogen-bond acceptors (Lipinski definition) is 3. The number of nitrogens with two attached hydrogens (primary N) is 1. The molecule has 0 amide bonds. The molecule has 3 nitrogen and oxygen atoms in total. The standard InChI is InChI=1S/C15H19F2NO2/c1-9(18)15(3-4-15)11-8-13-12(19-5-6-20-13)7-10(11)14(2,16)17/h7-9H,3-6,18H2,1-2H3. The maximum absolute atomic E-state index is 14.0. The van der Waals surface area contributed by atoms with Gasteiger partial charge in [0.25, 0.3) is 5.92 Å². The van der Waals surface area contributed by atoms with E-state index in [0.29, 0.717) is 30.3 Å². The van der Waals surface area contributed by atoms with Gasteiger partial charge in [0.2, 0.25) is 0 Å². The van der Waals surface area contributed by atoms with Crippen LogP contribution in [0.5, 0.6) is 11.5 Å². The van der Waals surface area contributed by atoms with Gasteiger partial charge in [0.15, 0.2) is 11.5 Å². The minimum atomic E-state index is -2.92. The molecule has 1 aliphatic carbocycles. The lowest BCUT2D eigenvalue weighted by molar-refractivity contribution is 0.0153. The van der Waals surface area contributed by atoms with Crippen LogP contribution in [0.3, 0.4) is 0 Å². The Morgan fingerprint density at radius 2 is 1.75 bits per heavy atom. The maximum Gasteiger partial charge on any atom is 0.270 e. The summed E-state index contributed by atoms with van der Waals surface area (Å²) in [5, 5.41) is 0. The van der Waals surface area contributed by atoms with Crippen molar-refractivity contribution in [1.29, 1.82) is 0 Å². The zero-order valence-electron chi connectivity index (χ0n) is 11.7. The fraction of sp³-hybridized carbons (Fsp3) is 0.600. The molecule has 0 aromatic heterocycles. The monoisotopic (exact) mass is 283 g/mol. The summed E-state index contributed by atoms with van der Waals surface area (Å²) < 4.78 is 38.9. The molecule has 1 aliphatic heterocycles. The van der Waals surface area contributed by atoms with Crippen LogP contribution >= 0.6 is 0 Å². The van der Waals surface area contributed by atoms with Gasteiger partial charge in [-0.15, -0.1) is 0 Å². The van der Waals surface area contributed by atoms with Crippen LogP contribution < -0.4 is 15.2 Å². The molecule has 0 bridgehead atoms. The summed E-state index contributed by atoms with van der Waals surface area (Å²) in [5.41, 5.74) is 6.32. The summed E-state index contributed by atoms with van der Waals surface area (Å²) in [6, 6.07) is 2.97. The molecule has 0 radical (unpaired) electrons. The van der Waals surface area contributed by atoms with Gasteiger partial charge in [-0.3, -0.25) is 0 Å². The summed E-state index contributed by atoms with van der Waals surface area (Å²) >= 11 is 0. The van der Waals surface area contributed by atoms with Crippen LogP contribution in [0, 0.1) is 0 Å². The molecule has 20 heavy (non-hydrogen) atoms. The van der Waals surface area contributed by atoms with E-state index in [4.69, 9.17) is 15.2 Å². The Hall–Kier alpha value is -1.36. The highest BCUT2D eigenvalue weighted by Crippen LogP contribution is 2.55. The summed E-state index contributed by atoms with van der Waals surface area (Å²) in [4.78, 5) is 0. The third kappa shape index (κ3) is 2.04. The van der Waals surface area contributed by atoms with E-state index in [1.165, 1.54) is 6.07 Å². The second-order valence-corrected chi connectivity index (χ2v) is 5.87. The van der Waals surface area contributed by atoms with E-state index in [1.807, 2.05) is 6.92 Å². The fourth-order valence-corrected chi connectivity index (χ4v) is 2.97. The van der Waals surface area contributed by atoms with E-state index in [9.17, 15) is 8.78 Å². The van der Waals surface area contributed by atoms with Crippen molar-refractivity contribution in [1.82, 2.24) is 0 Å². The molecule has 1 atom stereocenters. The van der Waals surface area contributed by atoms with Crippen LogP contribution in [0.4, 0.5) is 8.78 Å². The van der Waals surface area contributed by atoms with Crippen LogP contribution in [0.1, 0.15) is 37.8 Å². The van der Waals surface area contributed by atoms with Crippen molar-refractivity contribution in [2.24, 2.45) is 5.73 Å². The van der Waals surface area contributed by atoms with Gasteiger partial charge in [-0.2, -0.15) is 0 Å². The van der Waals surface area contributed by atoms with Crippen molar-refractivity contribution < 1.29 is 18.3 Å². The molecule has 1 saturated carbocycles. The molecule has 1 heterocycles. The average Bonchev–Trinajstić information content (AvgIpc) is 3.17. The Morgan fingerprint density at radius 1 is 1.20 bits per heavy atom. The van der Waals surface area contributed by atoms with E-state index in [1.54, 1.807) is 6.07 Å². The van der Waals surface area contributed by atoms with Crippen LogP contribution in [-0.4, -0.2) is 19.3 Å². The normalized spacial score (nSPS) is 21.4. The molecule has 110 valence electrons. The van der Waals surface area contributed by atoms with Crippen LogP contribution in [0.25, 0.3) is 0 Å². The maximum atomic E-state index is 14.0. The molecule has 5 heteroatoms. The average molecular weight is 283 g/mol. The fourth-order valence-electron chi connectivity index (χ4n) is 2.97. The lowest BCUT2D eigenvalue weighted by Gasteiger charge is -2.29. The minimum absolute atomic E-state index is 0.0107. The smallest absolute Gasteiger partial charge is 0.270 e. The van der Waals surface area contributed by atoms with Crippen molar-refractivity contribution in [3.8, 4) is 11.5 Å². The molecule has 1 aromatic carbocycles. The van der Waals surface area contributed by atoms with Gasteiger partial charge in [-0.1, -0.05) is 0 Å². The van der Waals surface area contributed by atoms with E-state index >= 15 is 0 Å². The van der Waals surface area contributed by atoms with Crippen molar-refractivity contribution in [3.63, 3.8) is 0 Å². The van der Waals surface area contributed by atoms with Crippen molar-refractivity contribution >= 4 is 0 Å². The first kappa shape index (κ1) is 13.6. The summed E-state index contributed by atoms with van der Waals surface area (Å²) in [6.07, 6.45) is 1.68. The highest BCUT2D eigenvalue weighted by Gasteiger charge is 2.51. The Labute approximate surface area is 117 Å². The molecule has 2 aliphatic rings. The summed E-state index contributed by atoms with van der Waals surface area (Å²) in [5.74, 6) is -1.97. The highest BCUT2D eigenvalue weighted by atomic mass is 19.3. The highest BCUT2D eigenvalue weighted by molar-refractivity contribution is 5.54. The topological polar surface area (TPSA) is 44.5 Å². The second-order valence-electron chi connectivity index (χ2n) is 5.87. The predicted molar refractivity (Wildman–Crippen MR) is 71.6 cm³/mol. The first-order valence-corrected chi connectivity index (χ1v) is 6.92. The van der Waals surface area contributed by atoms with Crippen molar-refractivity contribution in [2.75, 3.05) is 13.2 Å². The van der Waals surface area contributed by atoms with Crippen LogP contribution in [0.15, 0.2) is 12.1 Å². The Bertz CT molecular complexity index is 533. The zero-order valence-corrected chi connectivity index (χ0v) is 11.7. The molecule has 3 rings (SSSR count).